The van der Waals surface area contributed by atoms with E-state index in [1.165, 1.54) is 18.4 Å². The molecule has 0 atom stereocenters. The highest BCUT2D eigenvalue weighted by Gasteiger charge is 2.26. The third kappa shape index (κ3) is 4.04. The number of pyridine rings is 1. The van der Waals surface area contributed by atoms with Gasteiger partial charge in [0.1, 0.15) is 0 Å². The van der Waals surface area contributed by atoms with Gasteiger partial charge in [-0.3, -0.25) is 14.7 Å². The molecule has 4 rings (SSSR count). The summed E-state index contributed by atoms with van der Waals surface area (Å²) >= 11 is 1.45. The molecule has 0 radical (unpaired) electrons. The summed E-state index contributed by atoms with van der Waals surface area (Å²) in [6, 6.07) is 14.5. The summed E-state index contributed by atoms with van der Waals surface area (Å²) < 4.78 is 5.88. The number of anilines is 1. The van der Waals surface area contributed by atoms with Gasteiger partial charge in [-0.15, -0.1) is 0 Å². The summed E-state index contributed by atoms with van der Waals surface area (Å²) in [5.74, 6) is -0.876. The molecule has 156 valence electrons. The van der Waals surface area contributed by atoms with E-state index in [0.717, 1.165) is 26.9 Å². The van der Waals surface area contributed by atoms with Crippen molar-refractivity contribution in [1.82, 2.24) is 9.97 Å². The molecular weight excluding hydrogens is 410 g/mol. The smallest absolute Gasteiger partial charge is 0.338 e. The maximum atomic E-state index is 13.7. The van der Waals surface area contributed by atoms with Crippen LogP contribution in [-0.2, 0) is 11.3 Å². The number of hydrogen-bond donors (Lipinski definition) is 0. The number of esters is 1. The van der Waals surface area contributed by atoms with Crippen LogP contribution in [0, 0.1) is 13.8 Å². The molecule has 2 heterocycles. The minimum absolute atomic E-state index is 0.222. The zero-order valence-corrected chi connectivity index (χ0v) is 18.3. The monoisotopic (exact) mass is 431 g/mol. The number of rotatable bonds is 5. The molecule has 0 aliphatic carbocycles. The van der Waals surface area contributed by atoms with Crippen molar-refractivity contribution in [3.63, 3.8) is 0 Å². The Hall–Kier alpha value is -3.58. The lowest BCUT2D eigenvalue weighted by molar-refractivity contribution is 0.0597. The zero-order valence-electron chi connectivity index (χ0n) is 17.5. The first kappa shape index (κ1) is 20.7. The van der Waals surface area contributed by atoms with Gasteiger partial charge >= 0.3 is 5.97 Å². The lowest BCUT2D eigenvalue weighted by atomic mass is 10.1. The number of carbonyl (C=O) groups is 2. The number of ether oxygens (including phenoxy) is 1. The molecule has 0 spiro atoms. The number of benzene rings is 2. The summed E-state index contributed by atoms with van der Waals surface area (Å²) in [6.45, 7) is 4.35. The summed E-state index contributed by atoms with van der Waals surface area (Å²) in [6.07, 6.45) is 3.40. The molecule has 0 aliphatic rings. The van der Waals surface area contributed by atoms with Crippen LogP contribution in [0.3, 0.4) is 0 Å². The van der Waals surface area contributed by atoms with E-state index in [1.807, 2.05) is 32.0 Å². The van der Waals surface area contributed by atoms with Crippen molar-refractivity contribution in [2.75, 3.05) is 12.0 Å². The number of methoxy groups -OCH3 is 1. The maximum absolute atomic E-state index is 13.7. The number of nitrogens with zero attached hydrogens (tertiary/aromatic N) is 3. The molecule has 0 unspecified atom stereocenters. The number of hydrogen-bond acceptors (Lipinski definition) is 6. The van der Waals surface area contributed by atoms with Gasteiger partial charge in [0, 0.05) is 12.4 Å². The molecule has 31 heavy (non-hydrogen) atoms. The number of fused-ring (bicyclic) bond motifs is 1. The van der Waals surface area contributed by atoms with Gasteiger partial charge in [0.2, 0.25) is 0 Å². The van der Waals surface area contributed by atoms with E-state index in [4.69, 9.17) is 9.72 Å². The maximum Gasteiger partial charge on any atom is 0.338 e. The first-order chi connectivity index (χ1) is 15.0. The summed E-state index contributed by atoms with van der Waals surface area (Å²) in [7, 11) is 1.30. The van der Waals surface area contributed by atoms with Gasteiger partial charge in [0.05, 0.1) is 35.0 Å². The van der Waals surface area contributed by atoms with Crippen molar-refractivity contribution < 1.29 is 14.3 Å². The minimum atomic E-state index is -0.555. The number of aromatic nitrogens is 2. The molecule has 0 N–H and O–H groups in total. The highest BCUT2D eigenvalue weighted by Crippen LogP contribution is 2.33. The number of amides is 1. The van der Waals surface area contributed by atoms with E-state index >= 15 is 0 Å². The van der Waals surface area contributed by atoms with Gasteiger partial charge in [-0.25, -0.2) is 9.78 Å². The van der Waals surface area contributed by atoms with E-state index < -0.39 is 5.97 Å². The minimum Gasteiger partial charge on any atom is -0.465 e. The van der Waals surface area contributed by atoms with Crippen molar-refractivity contribution in [2.24, 2.45) is 0 Å². The number of thiazole rings is 1. The van der Waals surface area contributed by atoms with Crippen molar-refractivity contribution in [2.45, 2.75) is 20.4 Å². The zero-order chi connectivity index (χ0) is 22.0. The van der Waals surface area contributed by atoms with Crippen LogP contribution in [0.2, 0.25) is 0 Å². The third-order valence-electron chi connectivity index (χ3n) is 5.18. The molecule has 0 saturated carbocycles. The first-order valence-corrected chi connectivity index (χ1v) is 10.6. The van der Waals surface area contributed by atoms with Crippen molar-refractivity contribution in [3.8, 4) is 0 Å². The largest absolute Gasteiger partial charge is 0.465 e. The van der Waals surface area contributed by atoms with Crippen LogP contribution in [0.5, 0.6) is 0 Å². The fourth-order valence-corrected chi connectivity index (χ4v) is 4.36. The van der Waals surface area contributed by atoms with Crippen LogP contribution in [0.15, 0.2) is 60.9 Å². The third-order valence-corrected chi connectivity index (χ3v) is 6.22. The Morgan fingerprint density at radius 1 is 1.03 bits per heavy atom. The molecule has 0 bridgehead atoms. The quantitative estimate of drug-likeness (QED) is 0.419. The van der Waals surface area contributed by atoms with E-state index in [0.29, 0.717) is 5.13 Å². The van der Waals surface area contributed by atoms with E-state index in [2.05, 4.69) is 11.1 Å². The van der Waals surface area contributed by atoms with Gasteiger partial charge < -0.3 is 4.74 Å². The van der Waals surface area contributed by atoms with Crippen molar-refractivity contribution in [1.29, 1.82) is 0 Å². The Kier molecular flexibility index (Phi) is 5.77. The Morgan fingerprint density at radius 2 is 1.81 bits per heavy atom. The molecule has 0 aliphatic heterocycles. The van der Waals surface area contributed by atoms with Gasteiger partial charge in [-0.2, -0.15) is 0 Å². The molecule has 2 aromatic heterocycles. The average molecular weight is 432 g/mol. The van der Waals surface area contributed by atoms with E-state index in [-0.39, 0.29) is 23.6 Å². The van der Waals surface area contributed by atoms with E-state index in [1.54, 1.807) is 41.6 Å². The average Bonchev–Trinajstić information content (AvgIpc) is 3.24. The van der Waals surface area contributed by atoms with Gasteiger partial charge in [0.15, 0.2) is 5.13 Å². The Morgan fingerprint density at radius 3 is 2.52 bits per heavy atom. The molecule has 6 nitrogen and oxygen atoms in total. The standard InChI is InChI=1S/C24H21N3O3S/c1-15-10-11-20-21(16(15)2)26-24(31-20)27(14-17-7-6-12-25-13-17)22(28)18-8-4-5-9-19(18)23(29)30-3/h4-13H,14H2,1-3H3. The Balaban J connectivity index is 1.84. The predicted octanol–water partition coefficient (Wildman–Crippen LogP) is 4.94. The molecule has 2 aromatic carbocycles. The van der Waals surface area contributed by atoms with Crippen LogP contribution in [0.25, 0.3) is 10.2 Å². The van der Waals surface area contributed by atoms with Crippen LogP contribution < -0.4 is 4.90 Å². The SMILES string of the molecule is COC(=O)c1ccccc1C(=O)N(Cc1cccnc1)c1nc2c(C)c(C)ccc2s1. The highest BCUT2D eigenvalue weighted by atomic mass is 32.1. The van der Waals surface area contributed by atoms with Crippen molar-refractivity contribution >= 4 is 38.6 Å². The fourth-order valence-electron chi connectivity index (χ4n) is 3.33. The molecule has 4 aromatic rings. The highest BCUT2D eigenvalue weighted by molar-refractivity contribution is 7.22. The topological polar surface area (TPSA) is 72.4 Å². The molecular formula is C24H21N3O3S. The van der Waals surface area contributed by atoms with Crippen LogP contribution in [-0.4, -0.2) is 29.0 Å². The van der Waals surface area contributed by atoms with Gasteiger partial charge in [0.25, 0.3) is 5.91 Å². The van der Waals surface area contributed by atoms with Crippen LogP contribution in [0.4, 0.5) is 5.13 Å². The fraction of sp³-hybridized carbons (Fsp3) is 0.167. The molecule has 0 saturated heterocycles. The van der Waals surface area contributed by atoms with Gasteiger partial charge in [-0.1, -0.05) is 35.6 Å². The Bertz CT molecular complexity index is 1270. The number of aryl methyl sites for hydroxylation is 2. The predicted molar refractivity (Wildman–Crippen MR) is 122 cm³/mol. The summed E-state index contributed by atoms with van der Waals surface area (Å²) in [5.41, 5.74) is 4.46. The first-order valence-electron chi connectivity index (χ1n) is 9.74. The summed E-state index contributed by atoms with van der Waals surface area (Å²) in [4.78, 5) is 36.5. The van der Waals surface area contributed by atoms with Crippen LogP contribution >= 0.6 is 11.3 Å². The molecule has 0 fully saturated rings. The second kappa shape index (κ2) is 8.65. The van der Waals surface area contributed by atoms with Gasteiger partial charge in [-0.05, 0) is 54.8 Å². The lowest BCUT2D eigenvalue weighted by Crippen LogP contribution is -2.31. The van der Waals surface area contributed by atoms with Crippen LogP contribution in [0.1, 0.15) is 37.4 Å². The molecule has 1 amide bonds. The second-order valence-corrected chi connectivity index (χ2v) is 8.15. The van der Waals surface area contributed by atoms with E-state index in [9.17, 15) is 9.59 Å². The number of carbonyl (C=O) groups excluding carboxylic acids is 2. The Labute approximate surface area is 184 Å². The van der Waals surface area contributed by atoms with Crippen molar-refractivity contribution in [3.05, 3.63) is 88.7 Å². The lowest BCUT2D eigenvalue weighted by Gasteiger charge is -2.21. The summed E-state index contributed by atoms with van der Waals surface area (Å²) in [5, 5.41) is 0.567. The molecule has 7 heteroatoms. The second-order valence-electron chi connectivity index (χ2n) is 7.14. The normalized spacial score (nSPS) is 10.8.